The molecule has 1 amide bonds. The Morgan fingerprint density at radius 2 is 1.72 bits per heavy atom. The fourth-order valence-electron chi connectivity index (χ4n) is 4.78. The molecule has 5 rings (SSSR count). The van der Waals surface area contributed by atoms with Gasteiger partial charge < -0.3 is 9.80 Å². The normalized spacial score (nSPS) is 18.6. The first-order chi connectivity index (χ1) is 14.3. The molecule has 0 bridgehead atoms. The Balaban J connectivity index is 1.24. The van der Waals surface area contributed by atoms with Crippen molar-refractivity contribution in [3.63, 3.8) is 0 Å². The van der Waals surface area contributed by atoms with Gasteiger partial charge in [0, 0.05) is 19.1 Å². The molecule has 2 saturated heterocycles. The van der Waals surface area contributed by atoms with Crippen LogP contribution in [0.1, 0.15) is 41.7 Å². The molecule has 2 aliphatic rings. The van der Waals surface area contributed by atoms with Crippen molar-refractivity contribution in [3.8, 4) is 0 Å². The lowest BCUT2D eigenvalue weighted by atomic mass is 10.0. The predicted octanol–water partition coefficient (Wildman–Crippen LogP) is 3.18. The van der Waals surface area contributed by atoms with Crippen molar-refractivity contribution >= 4 is 16.7 Å². The van der Waals surface area contributed by atoms with Crippen LogP contribution < -0.4 is 0 Å². The topological polar surface area (TPSA) is 54.3 Å². The molecule has 6 heteroatoms. The zero-order chi connectivity index (χ0) is 19.6. The molecule has 2 aromatic carbocycles. The van der Waals surface area contributed by atoms with Gasteiger partial charge in [0.05, 0.1) is 12.7 Å². The highest BCUT2D eigenvalue weighted by Gasteiger charge is 2.29. The predicted molar refractivity (Wildman–Crippen MR) is 113 cm³/mol. The molecular weight excluding hydrogens is 362 g/mol. The lowest BCUT2D eigenvalue weighted by molar-refractivity contribution is 0.0638. The summed E-state index contributed by atoms with van der Waals surface area (Å²) in [6.07, 6.45) is 6.56. The number of nitrogens with zero attached hydrogens (tertiary/aromatic N) is 5. The highest BCUT2D eigenvalue weighted by molar-refractivity contribution is 5.92. The summed E-state index contributed by atoms with van der Waals surface area (Å²) in [5.41, 5.74) is 1.63. The zero-order valence-electron chi connectivity index (χ0n) is 16.7. The largest absolute Gasteiger partial charge is 0.337 e. The standard InChI is InChI=1S/C23H27N5O/c29-23(27-14-10-20(11-15-27)26-12-3-4-13-26)22-17-28(25-24-22)16-19-8-5-7-18-6-1-2-9-21(18)19/h1-2,5-9,17,20H,3-4,10-16H2. The molecule has 3 heterocycles. The van der Waals surface area contributed by atoms with Crippen LogP contribution in [0.3, 0.4) is 0 Å². The Kier molecular flexibility index (Phi) is 5.02. The van der Waals surface area contributed by atoms with Crippen molar-refractivity contribution in [2.75, 3.05) is 26.2 Å². The van der Waals surface area contributed by atoms with Crippen LogP contribution in [-0.2, 0) is 6.54 Å². The molecule has 3 aromatic rings. The minimum atomic E-state index is 0.00837. The summed E-state index contributed by atoms with van der Waals surface area (Å²) < 4.78 is 1.77. The van der Waals surface area contributed by atoms with Crippen molar-refractivity contribution in [1.82, 2.24) is 24.8 Å². The van der Waals surface area contributed by atoms with E-state index in [2.05, 4.69) is 45.5 Å². The van der Waals surface area contributed by atoms with Gasteiger partial charge in [-0.3, -0.25) is 4.79 Å². The SMILES string of the molecule is O=C(c1cn(Cc2cccc3ccccc23)nn1)N1CCC(N2CCCC2)CC1. The summed E-state index contributed by atoms with van der Waals surface area (Å²) in [6, 6.07) is 15.3. The van der Waals surface area contributed by atoms with E-state index >= 15 is 0 Å². The van der Waals surface area contributed by atoms with Gasteiger partial charge >= 0.3 is 0 Å². The van der Waals surface area contributed by atoms with Crippen molar-refractivity contribution in [1.29, 1.82) is 0 Å². The van der Waals surface area contributed by atoms with Crippen LogP contribution in [0.4, 0.5) is 0 Å². The number of carbonyl (C=O) groups is 1. The zero-order valence-corrected chi connectivity index (χ0v) is 16.7. The smallest absolute Gasteiger partial charge is 0.276 e. The lowest BCUT2D eigenvalue weighted by Gasteiger charge is -2.36. The van der Waals surface area contributed by atoms with E-state index in [0.717, 1.165) is 25.9 Å². The summed E-state index contributed by atoms with van der Waals surface area (Å²) in [5.74, 6) is 0.00837. The van der Waals surface area contributed by atoms with E-state index in [4.69, 9.17) is 0 Å². The maximum Gasteiger partial charge on any atom is 0.276 e. The molecule has 0 atom stereocenters. The number of carbonyl (C=O) groups excluding carboxylic acids is 1. The van der Waals surface area contributed by atoms with Crippen molar-refractivity contribution < 1.29 is 4.79 Å². The number of benzene rings is 2. The first kappa shape index (κ1) is 18.3. The van der Waals surface area contributed by atoms with E-state index in [0.29, 0.717) is 18.3 Å². The van der Waals surface area contributed by atoms with Crippen LogP contribution in [0, 0.1) is 0 Å². The maximum atomic E-state index is 12.9. The Bertz CT molecular complexity index is 994. The van der Waals surface area contributed by atoms with Gasteiger partial charge in [-0.05, 0) is 55.1 Å². The quantitative estimate of drug-likeness (QED) is 0.688. The van der Waals surface area contributed by atoms with Crippen molar-refractivity contribution in [3.05, 3.63) is 59.9 Å². The minimum Gasteiger partial charge on any atom is -0.337 e. The molecule has 0 saturated carbocycles. The van der Waals surface area contributed by atoms with Crippen molar-refractivity contribution in [2.45, 2.75) is 38.3 Å². The van der Waals surface area contributed by atoms with E-state index in [1.807, 2.05) is 17.0 Å². The molecule has 0 spiro atoms. The number of likely N-dealkylation sites (tertiary alicyclic amines) is 2. The molecule has 150 valence electrons. The van der Waals surface area contributed by atoms with Gasteiger partial charge in [0.15, 0.2) is 5.69 Å². The van der Waals surface area contributed by atoms with Gasteiger partial charge in [0.25, 0.3) is 5.91 Å². The molecule has 1 aromatic heterocycles. The van der Waals surface area contributed by atoms with E-state index < -0.39 is 0 Å². The fourth-order valence-corrected chi connectivity index (χ4v) is 4.78. The average molecular weight is 390 g/mol. The van der Waals surface area contributed by atoms with E-state index in [1.165, 1.54) is 42.3 Å². The lowest BCUT2D eigenvalue weighted by Crippen LogP contribution is -2.46. The number of rotatable bonds is 4. The van der Waals surface area contributed by atoms with Crippen LogP contribution in [0.5, 0.6) is 0 Å². The third kappa shape index (κ3) is 3.77. The van der Waals surface area contributed by atoms with E-state index in [1.54, 1.807) is 10.9 Å². The maximum absolute atomic E-state index is 12.9. The Hall–Kier alpha value is -2.73. The average Bonchev–Trinajstić information content (AvgIpc) is 3.46. The Morgan fingerprint density at radius 3 is 2.55 bits per heavy atom. The van der Waals surface area contributed by atoms with Gasteiger partial charge in [-0.1, -0.05) is 47.7 Å². The molecule has 0 radical (unpaired) electrons. The molecule has 0 aliphatic carbocycles. The van der Waals surface area contributed by atoms with Crippen LogP contribution in [-0.4, -0.2) is 62.9 Å². The van der Waals surface area contributed by atoms with E-state index in [9.17, 15) is 4.79 Å². The minimum absolute atomic E-state index is 0.00837. The fraction of sp³-hybridized carbons (Fsp3) is 0.435. The van der Waals surface area contributed by atoms with Crippen LogP contribution in [0.2, 0.25) is 0 Å². The molecular formula is C23H27N5O. The van der Waals surface area contributed by atoms with Crippen LogP contribution in [0.15, 0.2) is 48.7 Å². The third-order valence-electron chi connectivity index (χ3n) is 6.38. The highest BCUT2D eigenvalue weighted by atomic mass is 16.2. The summed E-state index contributed by atoms with van der Waals surface area (Å²) in [7, 11) is 0. The number of hydrogen-bond donors (Lipinski definition) is 0. The van der Waals surface area contributed by atoms with Gasteiger partial charge in [0.1, 0.15) is 0 Å². The summed E-state index contributed by atoms with van der Waals surface area (Å²) >= 11 is 0. The Labute approximate surface area is 171 Å². The van der Waals surface area contributed by atoms with Crippen LogP contribution in [0.25, 0.3) is 10.8 Å². The number of hydrogen-bond acceptors (Lipinski definition) is 4. The monoisotopic (exact) mass is 389 g/mol. The second-order valence-electron chi connectivity index (χ2n) is 8.21. The van der Waals surface area contributed by atoms with Crippen LogP contribution >= 0.6 is 0 Å². The molecule has 0 N–H and O–H groups in total. The van der Waals surface area contributed by atoms with Crippen molar-refractivity contribution in [2.24, 2.45) is 0 Å². The third-order valence-corrected chi connectivity index (χ3v) is 6.38. The first-order valence-corrected chi connectivity index (χ1v) is 10.7. The first-order valence-electron chi connectivity index (χ1n) is 10.7. The summed E-state index contributed by atoms with van der Waals surface area (Å²) in [4.78, 5) is 17.4. The number of aromatic nitrogens is 3. The summed E-state index contributed by atoms with van der Waals surface area (Å²) in [5, 5.41) is 10.8. The molecule has 2 aliphatic heterocycles. The second kappa shape index (κ2) is 7.95. The Morgan fingerprint density at radius 1 is 0.966 bits per heavy atom. The van der Waals surface area contributed by atoms with Gasteiger partial charge in [-0.25, -0.2) is 4.68 Å². The number of piperidine rings is 1. The highest BCUT2D eigenvalue weighted by Crippen LogP contribution is 2.22. The van der Waals surface area contributed by atoms with Gasteiger partial charge in [-0.2, -0.15) is 0 Å². The van der Waals surface area contributed by atoms with Gasteiger partial charge in [-0.15, -0.1) is 5.10 Å². The number of amides is 1. The summed E-state index contributed by atoms with van der Waals surface area (Å²) in [6.45, 7) is 4.69. The second-order valence-corrected chi connectivity index (χ2v) is 8.21. The van der Waals surface area contributed by atoms with E-state index in [-0.39, 0.29) is 5.91 Å². The molecule has 29 heavy (non-hydrogen) atoms. The number of fused-ring (bicyclic) bond motifs is 1. The molecule has 6 nitrogen and oxygen atoms in total. The molecule has 2 fully saturated rings. The molecule has 0 unspecified atom stereocenters. The van der Waals surface area contributed by atoms with Gasteiger partial charge in [0.2, 0.25) is 0 Å².